The van der Waals surface area contributed by atoms with Crippen molar-refractivity contribution < 1.29 is 28.5 Å². The quantitative estimate of drug-likeness (QED) is 0.134. The number of para-hydroxylation sites is 1. The second-order valence-corrected chi connectivity index (χ2v) is 13.2. The van der Waals surface area contributed by atoms with Crippen LogP contribution >= 0.6 is 11.3 Å². The molecule has 0 saturated heterocycles. The van der Waals surface area contributed by atoms with E-state index in [1.807, 2.05) is 81.6 Å². The number of allylic oxidation sites excluding steroid dienone is 1. The van der Waals surface area contributed by atoms with Crippen molar-refractivity contribution in [2.24, 2.45) is 4.99 Å². The van der Waals surface area contributed by atoms with Gasteiger partial charge in [-0.25, -0.2) is 14.5 Å². The number of rotatable bonds is 10. The molecule has 0 bridgehead atoms. The molecule has 0 fully saturated rings. The molecule has 3 aromatic carbocycles. The molecule has 2 aromatic heterocycles. The van der Waals surface area contributed by atoms with Gasteiger partial charge in [0.15, 0.2) is 16.3 Å². The molecule has 0 spiro atoms. The van der Waals surface area contributed by atoms with E-state index in [1.54, 1.807) is 36.7 Å². The molecular formula is C39H38N4O7S. The Morgan fingerprint density at radius 1 is 1.00 bits per heavy atom. The van der Waals surface area contributed by atoms with E-state index < -0.39 is 18.0 Å². The van der Waals surface area contributed by atoms with Gasteiger partial charge in [-0.2, -0.15) is 5.10 Å². The minimum atomic E-state index is -0.898. The Bertz CT molecular complexity index is 2350. The van der Waals surface area contributed by atoms with Crippen LogP contribution in [-0.4, -0.2) is 46.1 Å². The van der Waals surface area contributed by atoms with E-state index >= 15 is 0 Å². The fraction of sp³-hybridized carbons (Fsp3) is 0.256. The molecule has 51 heavy (non-hydrogen) atoms. The van der Waals surface area contributed by atoms with Gasteiger partial charge in [-0.3, -0.25) is 14.2 Å². The van der Waals surface area contributed by atoms with Crippen LogP contribution in [0.25, 0.3) is 23.0 Å². The predicted molar refractivity (Wildman–Crippen MR) is 194 cm³/mol. The molecule has 1 unspecified atom stereocenters. The molecule has 262 valence electrons. The van der Waals surface area contributed by atoms with Crippen LogP contribution in [0, 0.1) is 6.92 Å². The fourth-order valence-electron chi connectivity index (χ4n) is 5.95. The minimum absolute atomic E-state index is 0.0261. The van der Waals surface area contributed by atoms with Gasteiger partial charge in [0.25, 0.3) is 5.56 Å². The van der Waals surface area contributed by atoms with Gasteiger partial charge in [0, 0.05) is 24.2 Å². The summed E-state index contributed by atoms with van der Waals surface area (Å²) in [4.78, 5) is 44.8. The third kappa shape index (κ3) is 7.13. The van der Waals surface area contributed by atoms with Crippen molar-refractivity contribution >= 4 is 29.4 Å². The maximum Gasteiger partial charge on any atom is 0.338 e. The summed E-state index contributed by atoms with van der Waals surface area (Å²) in [7, 11) is 1.45. The molecule has 6 rings (SSSR count). The van der Waals surface area contributed by atoms with Crippen molar-refractivity contribution in [3.63, 3.8) is 0 Å². The number of methoxy groups -OCH3 is 1. The van der Waals surface area contributed by atoms with Crippen molar-refractivity contribution in [2.45, 2.75) is 53.7 Å². The van der Waals surface area contributed by atoms with Crippen LogP contribution in [-0.2, 0) is 14.3 Å². The van der Waals surface area contributed by atoms with Crippen LogP contribution in [0.4, 0.5) is 0 Å². The summed E-state index contributed by atoms with van der Waals surface area (Å²) >= 11 is 1.21. The van der Waals surface area contributed by atoms with E-state index in [4.69, 9.17) is 29.0 Å². The smallest absolute Gasteiger partial charge is 0.338 e. The van der Waals surface area contributed by atoms with E-state index in [2.05, 4.69) is 0 Å². The minimum Gasteiger partial charge on any atom is -0.493 e. The summed E-state index contributed by atoms with van der Waals surface area (Å²) in [5.74, 6) is 0.161. The molecular weight excluding hydrogens is 669 g/mol. The van der Waals surface area contributed by atoms with Gasteiger partial charge < -0.3 is 18.9 Å². The summed E-state index contributed by atoms with van der Waals surface area (Å²) in [5.41, 5.74) is 4.90. The number of aryl methyl sites for hydroxylation is 1. The van der Waals surface area contributed by atoms with E-state index in [-0.39, 0.29) is 35.3 Å². The number of carbonyl (C=O) groups is 2. The lowest BCUT2D eigenvalue weighted by atomic mass is 9.95. The van der Waals surface area contributed by atoms with Gasteiger partial charge >= 0.3 is 11.9 Å². The monoisotopic (exact) mass is 706 g/mol. The first-order valence-electron chi connectivity index (χ1n) is 16.5. The summed E-state index contributed by atoms with van der Waals surface area (Å²) < 4.78 is 26.0. The second-order valence-electron chi connectivity index (χ2n) is 12.2. The van der Waals surface area contributed by atoms with Crippen LogP contribution in [0.3, 0.4) is 0 Å². The van der Waals surface area contributed by atoms with Crippen molar-refractivity contribution in [3.05, 3.63) is 121 Å². The molecule has 0 N–H and O–H groups in total. The largest absolute Gasteiger partial charge is 0.493 e. The Morgan fingerprint density at radius 2 is 1.75 bits per heavy atom. The Kier molecular flexibility index (Phi) is 10.1. The first-order chi connectivity index (χ1) is 24.5. The maximum atomic E-state index is 14.5. The second kappa shape index (κ2) is 14.6. The van der Waals surface area contributed by atoms with E-state index in [0.717, 1.165) is 22.6 Å². The Hall–Kier alpha value is -5.75. The first kappa shape index (κ1) is 35.1. The Labute approximate surface area is 298 Å². The first-order valence-corrected chi connectivity index (χ1v) is 17.3. The molecule has 0 aliphatic carbocycles. The van der Waals surface area contributed by atoms with Crippen molar-refractivity contribution in [2.75, 3.05) is 13.7 Å². The van der Waals surface area contributed by atoms with Crippen molar-refractivity contribution in [1.29, 1.82) is 0 Å². The summed E-state index contributed by atoms with van der Waals surface area (Å²) in [6.45, 7) is 10.8. The number of benzene rings is 3. The normalized spacial score (nSPS) is 14.3. The van der Waals surface area contributed by atoms with Gasteiger partial charge in [0.2, 0.25) is 0 Å². The van der Waals surface area contributed by atoms with Gasteiger partial charge in [0.05, 0.1) is 47.4 Å². The molecule has 1 aliphatic rings. The zero-order valence-corrected chi connectivity index (χ0v) is 30.2. The number of aromatic nitrogens is 3. The number of esters is 2. The highest BCUT2D eigenvalue weighted by Crippen LogP contribution is 2.36. The molecule has 1 atom stereocenters. The topological polar surface area (TPSA) is 123 Å². The maximum absolute atomic E-state index is 14.5. The number of ether oxygens (including phenoxy) is 4. The number of hydrogen-bond acceptors (Lipinski definition) is 10. The zero-order chi connectivity index (χ0) is 36.4. The number of nitrogens with zero attached hydrogens (tertiary/aromatic N) is 4. The molecule has 1 aliphatic heterocycles. The van der Waals surface area contributed by atoms with Crippen LogP contribution in [0.2, 0.25) is 0 Å². The zero-order valence-electron chi connectivity index (χ0n) is 29.4. The molecule has 3 heterocycles. The number of carbonyl (C=O) groups excluding carboxylic acids is 2. The fourth-order valence-corrected chi connectivity index (χ4v) is 6.99. The Morgan fingerprint density at radius 3 is 2.41 bits per heavy atom. The summed E-state index contributed by atoms with van der Waals surface area (Å²) in [6, 6.07) is 19.7. The molecule has 0 radical (unpaired) electrons. The van der Waals surface area contributed by atoms with Crippen molar-refractivity contribution in [3.8, 4) is 34.2 Å². The van der Waals surface area contributed by atoms with Gasteiger partial charge in [-0.1, -0.05) is 35.6 Å². The lowest BCUT2D eigenvalue weighted by Crippen LogP contribution is -2.40. The molecule has 0 saturated carbocycles. The molecule has 11 nitrogen and oxygen atoms in total. The highest BCUT2D eigenvalue weighted by atomic mass is 32.1. The third-order valence-electron chi connectivity index (χ3n) is 8.14. The van der Waals surface area contributed by atoms with Gasteiger partial charge in [-0.05, 0) is 94.3 Å². The van der Waals surface area contributed by atoms with E-state index in [9.17, 15) is 14.4 Å². The summed E-state index contributed by atoms with van der Waals surface area (Å²) in [5, 5.41) is 4.97. The molecule has 12 heteroatoms. The van der Waals surface area contributed by atoms with E-state index in [1.165, 1.54) is 29.9 Å². The van der Waals surface area contributed by atoms with Gasteiger partial charge in [0.1, 0.15) is 11.4 Å². The van der Waals surface area contributed by atoms with E-state index in [0.29, 0.717) is 31.9 Å². The SMILES string of the molecule is CCOC(=O)C1=C(C)N=c2sc(=Cc3cn(-c4ccccc4)nc3-c3ccc(OC(C)C)c(C)c3)c(=O)n2C1c1ccc(OC(C)=O)c(OC)c1. The number of fused-ring (bicyclic) bond motifs is 1. The lowest BCUT2D eigenvalue weighted by Gasteiger charge is -2.25. The predicted octanol–water partition coefficient (Wildman–Crippen LogP) is 5.68. The van der Waals surface area contributed by atoms with Crippen LogP contribution in [0.1, 0.15) is 57.4 Å². The highest BCUT2D eigenvalue weighted by molar-refractivity contribution is 7.07. The van der Waals surface area contributed by atoms with Crippen molar-refractivity contribution in [1.82, 2.24) is 14.3 Å². The average molecular weight is 707 g/mol. The average Bonchev–Trinajstić information content (AvgIpc) is 3.65. The van der Waals surface area contributed by atoms with Crippen LogP contribution < -0.4 is 29.1 Å². The van der Waals surface area contributed by atoms with Crippen LogP contribution in [0.15, 0.2) is 94.0 Å². The lowest BCUT2D eigenvalue weighted by molar-refractivity contribution is -0.139. The van der Waals surface area contributed by atoms with Crippen LogP contribution in [0.5, 0.6) is 17.2 Å². The number of thiazole rings is 1. The third-order valence-corrected chi connectivity index (χ3v) is 9.12. The molecule has 0 amide bonds. The Balaban J connectivity index is 1.55. The van der Waals surface area contributed by atoms with Gasteiger partial charge in [-0.15, -0.1) is 0 Å². The number of hydrogen-bond donors (Lipinski definition) is 0. The highest BCUT2D eigenvalue weighted by Gasteiger charge is 2.34. The molecule has 5 aromatic rings. The summed E-state index contributed by atoms with van der Waals surface area (Å²) in [6.07, 6.45) is 3.73. The standard InChI is InChI=1S/C39H38N4O7S/c1-8-48-38(46)34-24(5)40-39-43(36(34)27-15-17-31(50-25(6)44)32(19-27)47-7)37(45)33(51-39)20-28-21-42(29-12-10-9-11-13-29)41-35(28)26-14-16-30(23(4)18-26)49-22(2)3/h9-22,36H,8H2,1-7H3.